The maximum absolute atomic E-state index is 9.96. The van der Waals surface area contributed by atoms with Crippen LogP contribution in [0.25, 0.3) is 0 Å². The molecule has 2 N–H and O–H groups in total. The number of aromatic hydroxyl groups is 1. The summed E-state index contributed by atoms with van der Waals surface area (Å²) >= 11 is 3.47. The van der Waals surface area contributed by atoms with Gasteiger partial charge in [0.05, 0.1) is 0 Å². The highest BCUT2D eigenvalue weighted by atomic mass is 79.9. The van der Waals surface area contributed by atoms with Crippen molar-refractivity contribution in [1.29, 1.82) is 0 Å². The molecule has 1 aromatic carbocycles. The Hall–Kier alpha value is -0.540. The van der Waals surface area contributed by atoms with Crippen molar-refractivity contribution >= 4 is 15.9 Å². The lowest BCUT2D eigenvalue weighted by Gasteiger charge is -2.19. The van der Waals surface area contributed by atoms with E-state index in [0.717, 1.165) is 28.9 Å². The van der Waals surface area contributed by atoms with Gasteiger partial charge in [-0.25, -0.2) is 0 Å². The van der Waals surface area contributed by atoms with Crippen molar-refractivity contribution < 1.29 is 5.11 Å². The topological polar surface area (TPSA) is 32.3 Å². The van der Waals surface area contributed by atoms with Crippen molar-refractivity contribution in [1.82, 2.24) is 5.32 Å². The highest BCUT2D eigenvalue weighted by Gasteiger charge is 2.45. The second kappa shape index (κ2) is 5.22. The fourth-order valence-electron chi connectivity index (χ4n) is 2.49. The maximum Gasteiger partial charge on any atom is 0.120 e. The first-order valence-corrected chi connectivity index (χ1v) is 7.45. The minimum absolute atomic E-state index is 0.235. The van der Waals surface area contributed by atoms with Gasteiger partial charge in [-0.2, -0.15) is 0 Å². The molecule has 2 atom stereocenters. The lowest BCUT2D eigenvalue weighted by atomic mass is 10.0. The maximum atomic E-state index is 9.96. The van der Waals surface area contributed by atoms with Crippen molar-refractivity contribution in [3.63, 3.8) is 0 Å². The Morgan fingerprint density at radius 2 is 2.17 bits per heavy atom. The van der Waals surface area contributed by atoms with Crippen molar-refractivity contribution in [2.24, 2.45) is 11.3 Å². The van der Waals surface area contributed by atoms with Gasteiger partial charge < -0.3 is 10.4 Å². The Labute approximate surface area is 118 Å². The molecule has 1 aromatic rings. The Morgan fingerprint density at radius 1 is 1.50 bits per heavy atom. The van der Waals surface area contributed by atoms with Gasteiger partial charge in [0.2, 0.25) is 0 Å². The van der Waals surface area contributed by atoms with Crippen LogP contribution in [0.4, 0.5) is 0 Å². The molecule has 2 rings (SSSR count). The van der Waals surface area contributed by atoms with Crippen LogP contribution >= 0.6 is 15.9 Å². The molecule has 0 radical (unpaired) electrons. The summed E-state index contributed by atoms with van der Waals surface area (Å²) in [6, 6.07) is 5.87. The van der Waals surface area contributed by atoms with Gasteiger partial charge >= 0.3 is 0 Å². The molecule has 3 heteroatoms. The molecule has 100 valence electrons. The van der Waals surface area contributed by atoms with E-state index < -0.39 is 0 Å². The molecule has 0 amide bonds. The van der Waals surface area contributed by atoms with Crippen LogP contribution in [-0.4, -0.2) is 11.7 Å². The summed E-state index contributed by atoms with van der Waals surface area (Å²) in [5.74, 6) is 1.16. The Balaban J connectivity index is 2.02. The van der Waals surface area contributed by atoms with Crippen molar-refractivity contribution in [2.45, 2.75) is 39.7 Å². The molecule has 2 nitrogen and oxygen atoms in total. The molecule has 18 heavy (non-hydrogen) atoms. The third-order valence-corrected chi connectivity index (χ3v) is 4.59. The van der Waals surface area contributed by atoms with E-state index in [1.807, 2.05) is 12.1 Å². The molecule has 1 aliphatic rings. The molecule has 0 spiro atoms. The SMILES string of the molecule is CCC(NCC1CC1(C)C)c1cc(Br)ccc1O. The second-order valence-electron chi connectivity index (χ2n) is 5.96. The quantitative estimate of drug-likeness (QED) is 0.852. The number of phenolic OH excluding ortho intramolecular Hbond substituents is 1. The van der Waals surface area contributed by atoms with E-state index in [-0.39, 0.29) is 6.04 Å². The smallest absolute Gasteiger partial charge is 0.120 e. The summed E-state index contributed by atoms with van der Waals surface area (Å²) in [7, 11) is 0. The molecule has 2 unspecified atom stereocenters. The van der Waals surface area contributed by atoms with Crippen LogP contribution in [0.5, 0.6) is 5.75 Å². The molecular formula is C15H22BrNO. The Morgan fingerprint density at radius 3 is 2.72 bits per heavy atom. The van der Waals surface area contributed by atoms with Crippen molar-refractivity contribution in [2.75, 3.05) is 6.54 Å². The van der Waals surface area contributed by atoms with Crippen LogP contribution in [-0.2, 0) is 0 Å². The third-order valence-electron chi connectivity index (χ3n) is 4.10. The predicted octanol–water partition coefficient (Wildman–Crippen LogP) is 4.24. The average Bonchev–Trinajstić information content (AvgIpc) is 2.92. The number of nitrogens with one attached hydrogen (secondary N) is 1. The first kappa shape index (κ1) is 13.9. The highest BCUT2D eigenvalue weighted by molar-refractivity contribution is 9.10. The summed E-state index contributed by atoms with van der Waals surface area (Å²) in [6.45, 7) is 7.82. The molecule has 0 heterocycles. The normalized spacial score (nSPS) is 22.8. The lowest BCUT2D eigenvalue weighted by Crippen LogP contribution is -2.24. The van der Waals surface area contributed by atoms with Gasteiger partial charge in [-0.1, -0.05) is 36.7 Å². The largest absolute Gasteiger partial charge is 0.508 e. The Bertz CT molecular complexity index is 431. The Kier molecular flexibility index (Phi) is 4.02. The van der Waals surface area contributed by atoms with E-state index >= 15 is 0 Å². The van der Waals surface area contributed by atoms with Crippen molar-refractivity contribution in [3.05, 3.63) is 28.2 Å². The highest BCUT2D eigenvalue weighted by Crippen LogP contribution is 2.51. The zero-order valence-corrected chi connectivity index (χ0v) is 12.9. The third kappa shape index (κ3) is 3.07. The number of hydrogen-bond donors (Lipinski definition) is 2. The molecule has 0 saturated heterocycles. The van der Waals surface area contributed by atoms with E-state index in [0.29, 0.717) is 11.2 Å². The summed E-state index contributed by atoms with van der Waals surface area (Å²) in [4.78, 5) is 0. The van der Waals surface area contributed by atoms with E-state index in [1.54, 1.807) is 6.07 Å². The molecule has 1 saturated carbocycles. The summed E-state index contributed by atoms with van der Waals surface area (Å²) < 4.78 is 1.02. The summed E-state index contributed by atoms with van der Waals surface area (Å²) in [6.07, 6.45) is 2.29. The fourth-order valence-corrected chi connectivity index (χ4v) is 2.87. The van der Waals surface area contributed by atoms with E-state index in [9.17, 15) is 5.11 Å². The van der Waals surface area contributed by atoms with Crippen LogP contribution in [0.1, 0.15) is 45.2 Å². The molecule has 0 aromatic heterocycles. The second-order valence-corrected chi connectivity index (χ2v) is 6.88. The summed E-state index contributed by atoms with van der Waals surface area (Å²) in [5, 5.41) is 13.5. The molecule has 1 aliphatic carbocycles. The number of rotatable bonds is 5. The monoisotopic (exact) mass is 311 g/mol. The van der Waals surface area contributed by atoms with Gasteiger partial charge in [0.25, 0.3) is 0 Å². The fraction of sp³-hybridized carbons (Fsp3) is 0.600. The van der Waals surface area contributed by atoms with Gasteiger partial charge in [0, 0.05) is 16.1 Å². The zero-order chi connectivity index (χ0) is 13.3. The molecule has 1 fully saturated rings. The molecule has 0 aliphatic heterocycles. The van der Waals surface area contributed by atoms with Gasteiger partial charge in [0.15, 0.2) is 0 Å². The molecular weight excluding hydrogens is 290 g/mol. The predicted molar refractivity (Wildman–Crippen MR) is 78.7 cm³/mol. The average molecular weight is 312 g/mol. The first-order valence-electron chi connectivity index (χ1n) is 6.66. The van der Waals surface area contributed by atoms with E-state index in [2.05, 4.69) is 42.0 Å². The van der Waals surface area contributed by atoms with E-state index in [1.165, 1.54) is 6.42 Å². The molecule has 0 bridgehead atoms. The first-order chi connectivity index (χ1) is 8.44. The standard InChI is InChI=1S/C15H22BrNO/c1-4-13(17-9-10-8-15(10,2)3)12-7-11(16)5-6-14(12)18/h5-7,10,13,17-18H,4,8-9H2,1-3H3. The van der Waals surface area contributed by atoms with Crippen LogP contribution in [0.2, 0.25) is 0 Å². The number of halogens is 1. The van der Waals surface area contributed by atoms with Crippen LogP contribution in [0.15, 0.2) is 22.7 Å². The minimum Gasteiger partial charge on any atom is -0.508 e. The van der Waals surface area contributed by atoms with Gasteiger partial charge in [-0.3, -0.25) is 0 Å². The van der Waals surface area contributed by atoms with Crippen molar-refractivity contribution in [3.8, 4) is 5.75 Å². The van der Waals surface area contributed by atoms with Gasteiger partial charge in [0.1, 0.15) is 5.75 Å². The number of benzene rings is 1. The van der Waals surface area contributed by atoms with E-state index in [4.69, 9.17) is 0 Å². The number of hydrogen-bond acceptors (Lipinski definition) is 2. The van der Waals surface area contributed by atoms with Gasteiger partial charge in [-0.15, -0.1) is 0 Å². The van der Waals surface area contributed by atoms with Crippen LogP contribution in [0.3, 0.4) is 0 Å². The van der Waals surface area contributed by atoms with Gasteiger partial charge in [-0.05, 0) is 48.9 Å². The number of phenols is 1. The van der Waals surface area contributed by atoms with Crippen LogP contribution < -0.4 is 5.32 Å². The summed E-state index contributed by atoms with van der Waals surface area (Å²) in [5.41, 5.74) is 1.50. The zero-order valence-electron chi connectivity index (χ0n) is 11.3. The minimum atomic E-state index is 0.235. The lowest BCUT2D eigenvalue weighted by molar-refractivity contribution is 0.426. The van der Waals surface area contributed by atoms with Crippen LogP contribution in [0, 0.1) is 11.3 Å².